The van der Waals surface area contributed by atoms with Gasteiger partial charge in [-0.3, -0.25) is 4.99 Å². The standard InChI is InChI=1S/C18H24N2/c1-13(12-19-4)20-10-9-16-11-17-7-5-6-8-18(17)15(3)14(16)2/h5-8,10,12,15,19H,9,11H2,1-4H3/b13-12-,20-10?/t15-/m0/s1. The average molecular weight is 268 g/mol. The maximum absolute atomic E-state index is 4.46. The van der Waals surface area contributed by atoms with Gasteiger partial charge >= 0.3 is 0 Å². The SMILES string of the molecule is CN/C=C(/C)N=CCC1=C(C)[C@H](C)c2ccccc2C1. The van der Waals surface area contributed by atoms with E-state index in [1.165, 1.54) is 22.3 Å². The molecule has 2 heteroatoms. The molecule has 0 aliphatic heterocycles. The summed E-state index contributed by atoms with van der Waals surface area (Å²) < 4.78 is 0. The van der Waals surface area contributed by atoms with Gasteiger partial charge in [-0.05, 0) is 31.4 Å². The van der Waals surface area contributed by atoms with Crippen LogP contribution >= 0.6 is 0 Å². The van der Waals surface area contributed by atoms with Crippen LogP contribution in [0.1, 0.15) is 44.2 Å². The highest BCUT2D eigenvalue weighted by Crippen LogP contribution is 2.36. The van der Waals surface area contributed by atoms with Crippen LogP contribution in [-0.2, 0) is 6.42 Å². The van der Waals surface area contributed by atoms with Crippen LogP contribution < -0.4 is 5.32 Å². The molecule has 106 valence electrons. The highest BCUT2D eigenvalue weighted by molar-refractivity contribution is 5.64. The van der Waals surface area contributed by atoms with Gasteiger partial charge in [0.1, 0.15) is 0 Å². The third kappa shape index (κ3) is 3.19. The predicted octanol–water partition coefficient (Wildman–Crippen LogP) is 4.20. The molecule has 20 heavy (non-hydrogen) atoms. The van der Waals surface area contributed by atoms with Gasteiger partial charge in [0, 0.05) is 31.8 Å². The Labute approximate surface area is 122 Å². The normalized spacial score (nSPS) is 19.4. The first kappa shape index (κ1) is 14.6. The van der Waals surface area contributed by atoms with Gasteiger partial charge < -0.3 is 5.32 Å². The zero-order chi connectivity index (χ0) is 14.5. The Morgan fingerprint density at radius 1 is 1.40 bits per heavy atom. The second kappa shape index (κ2) is 6.56. The smallest absolute Gasteiger partial charge is 0.0525 e. The van der Waals surface area contributed by atoms with Crippen molar-refractivity contribution in [2.45, 2.75) is 39.5 Å². The number of nitrogens with one attached hydrogen (secondary N) is 1. The number of rotatable bonds is 4. The number of benzene rings is 1. The van der Waals surface area contributed by atoms with E-state index in [2.05, 4.69) is 48.4 Å². The monoisotopic (exact) mass is 268 g/mol. The number of allylic oxidation sites excluding steroid dienone is 3. The summed E-state index contributed by atoms with van der Waals surface area (Å²) in [6, 6.07) is 8.79. The molecule has 0 amide bonds. The van der Waals surface area contributed by atoms with E-state index in [-0.39, 0.29) is 0 Å². The molecule has 1 aromatic carbocycles. The Hall–Kier alpha value is -1.83. The minimum absolute atomic E-state index is 0.525. The molecule has 1 aliphatic carbocycles. The topological polar surface area (TPSA) is 24.4 Å². The molecule has 0 heterocycles. The van der Waals surface area contributed by atoms with Gasteiger partial charge in [0.05, 0.1) is 5.70 Å². The molecule has 0 fully saturated rings. The second-order valence-corrected chi connectivity index (χ2v) is 5.47. The van der Waals surface area contributed by atoms with Crippen LogP contribution in [0.2, 0.25) is 0 Å². The molecule has 2 rings (SSSR count). The molecule has 1 N–H and O–H groups in total. The largest absolute Gasteiger partial charge is 0.393 e. The van der Waals surface area contributed by atoms with Crippen LogP contribution in [0.5, 0.6) is 0 Å². The van der Waals surface area contributed by atoms with Gasteiger partial charge in [-0.25, -0.2) is 0 Å². The minimum atomic E-state index is 0.525. The fraction of sp³-hybridized carbons (Fsp3) is 0.389. The lowest BCUT2D eigenvalue weighted by atomic mass is 9.79. The molecule has 0 radical (unpaired) electrons. The predicted molar refractivity (Wildman–Crippen MR) is 87.2 cm³/mol. The summed E-state index contributed by atoms with van der Waals surface area (Å²) in [6.07, 6.45) is 5.95. The van der Waals surface area contributed by atoms with Gasteiger partial charge in [-0.15, -0.1) is 0 Å². The molecular formula is C18H24N2. The number of nitrogens with zero attached hydrogens (tertiary/aromatic N) is 1. The lowest BCUT2D eigenvalue weighted by molar-refractivity contribution is 0.804. The van der Waals surface area contributed by atoms with Gasteiger partial charge in [-0.1, -0.05) is 42.3 Å². The fourth-order valence-corrected chi connectivity index (χ4v) is 2.81. The van der Waals surface area contributed by atoms with E-state index in [4.69, 9.17) is 0 Å². The lowest BCUT2D eigenvalue weighted by Gasteiger charge is -2.26. The van der Waals surface area contributed by atoms with Crippen LogP contribution in [0, 0.1) is 0 Å². The van der Waals surface area contributed by atoms with Gasteiger partial charge in [0.15, 0.2) is 0 Å². The van der Waals surface area contributed by atoms with Crippen LogP contribution in [0.4, 0.5) is 0 Å². The van der Waals surface area contributed by atoms with Crippen molar-refractivity contribution in [1.82, 2.24) is 5.32 Å². The fourth-order valence-electron chi connectivity index (χ4n) is 2.81. The highest BCUT2D eigenvalue weighted by atomic mass is 14.8. The van der Waals surface area contributed by atoms with Crippen molar-refractivity contribution in [3.8, 4) is 0 Å². The summed E-state index contributed by atoms with van der Waals surface area (Å²) in [6.45, 7) is 6.57. The maximum Gasteiger partial charge on any atom is 0.0525 e. The van der Waals surface area contributed by atoms with Crippen molar-refractivity contribution in [3.05, 3.63) is 58.4 Å². The molecular weight excluding hydrogens is 244 g/mol. The molecule has 0 bridgehead atoms. The third-order valence-electron chi connectivity index (χ3n) is 4.12. The van der Waals surface area contributed by atoms with Crippen molar-refractivity contribution >= 4 is 6.21 Å². The Bertz CT molecular complexity index is 565. The molecule has 2 nitrogen and oxygen atoms in total. The van der Waals surface area contributed by atoms with Crippen molar-refractivity contribution in [1.29, 1.82) is 0 Å². The first-order valence-electron chi connectivity index (χ1n) is 7.26. The summed E-state index contributed by atoms with van der Waals surface area (Å²) in [5.41, 5.74) is 6.98. The van der Waals surface area contributed by atoms with Crippen molar-refractivity contribution in [2.75, 3.05) is 7.05 Å². The zero-order valence-corrected chi connectivity index (χ0v) is 12.9. The molecule has 0 aromatic heterocycles. The maximum atomic E-state index is 4.46. The molecule has 1 aromatic rings. The first-order valence-corrected chi connectivity index (χ1v) is 7.26. The third-order valence-corrected chi connectivity index (χ3v) is 4.12. The van der Waals surface area contributed by atoms with Crippen LogP contribution in [0.15, 0.2) is 52.3 Å². The summed E-state index contributed by atoms with van der Waals surface area (Å²) in [5, 5.41) is 3.00. The molecule has 0 saturated heterocycles. The van der Waals surface area contributed by atoms with E-state index in [9.17, 15) is 0 Å². The van der Waals surface area contributed by atoms with E-state index in [1.807, 2.05) is 26.4 Å². The Balaban J connectivity index is 2.14. The Morgan fingerprint density at radius 2 is 2.15 bits per heavy atom. The molecule has 0 spiro atoms. The first-order chi connectivity index (χ1) is 9.63. The number of aliphatic imine (C=N–C) groups is 1. The molecule has 0 unspecified atom stereocenters. The Kier molecular flexibility index (Phi) is 4.78. The van der Waals surface area contributed by atoms with E-state index in [1.54, 1.807) is 0 Å². The quantitative estimate of drug-likeness (QED) is 0.642. The van der Waals surface area contributed by atoms with Gasteiger partial charge in [0.25, 0.3) is 0 Å². The van der Waals surface area contributed by atoms with Crippen LogP contribution in [0.25, 0.3) is 0 Å². The van der Waals surface area contributed by atoms with Crippen molar-refractivity contribution in [3.63, 3.8) is 0 Å². The molecule has 0 saturated carbocycles. The summed E-state index contributed by atoms with van der Waals surface area (Å²) >= 11 is 0. The van der Waals surface area contributed by atoms with Crippen molar-refractivity contribution < 1.29 is 0 Å². The number of hydrogen-bond donors (Lipinski definition) is 1. The highest BCUT2D eigenvalue weighted by Gasteiger charge is 2.20. The Morgan fingerprint density at radius 3 is 2.90 bits per heavy atom. The number of fused-ring (bicyclic) bond motifs is 1. The van der Waals surface area contributed by atoms with E-state index < -0.39 is 0 Å². The zero-order valence-electron chi connectivity index (χ0n) is 12.9. The molecule has 1 aliphatic rings. The van der Waals surface area contributed by atoms with E-state index in [0.29, 0.717) is 5.92 Å². The van der Waals surface area contributed by atoms with Crippen molar-refractivity contribution in [2.24, 2.45) is 4.99 Å². The van der Waals surface area contributed by atoms with Gasteiger partial charge in [0.2, 0.25) is 0 Å². The average Bonchev–Trinajstić information content (AvgIpc) is 2.44. The lowest BCUT2D eigenvalue weighted by Crippen LogP contribution is -2.11. The summed E-state index contributed by atoms with van der Waals surface area (Å²) in [7, 11) is 1.89. The number of hydrogen-bond acceptors (Lipinski definition) is 2. The minimum Gasteiger partial charge on any atom is -0.393 e. The van der Waals surface area contributed by atoms with Gasteiger partial charge in [-0.2, -0.15) is 0 Å². The van der Waals surface area contributed by atoms with Crippen LogP contribution in [-0.4, -0.2) is 13.3 Å². The van der Waals surface area contributed by atoms with E-state index >= 15 is 0 Å². The molecule has 1 atom stereocenters. The van der Waals surface area contributed by atoms with Crippen LogP contribution in [0.3, 0.4) is 0 Å². The second-order valence-electron chi connectivity index (χ2n) is 5.47. The summed E-state index contributed by atoms with van der Waals surface area (Å²) in [5.74, 6) is 0.525. The summed E-state index contributed by atoms with van der Waals surface area (Å²) in [4.78, 5) is 4.46. The van der Waals surface area contributed by atoms with E-state index in [0.717, 1.165) is 18.5 Å².